The summed E-state index contributed by atoms with van der Waals surface area (Å²) < 4.78 is 12.3. The highest BCUT2D eigenvalue weighted by molar-refractivity contribution is 5.10. The summed E-state index contributed by atoms with van der Waals surface area (Å²) in [4.78, 5) is 0. The minimum atomic E-state index is 0.0441. The molecule has 0 spiro atoms. The fourth-order valence-corrected chi connectivity index (χ4v) is 3.29. The van der Waals surface area contributed by atoms with E-state index in [1.807, 2.05) is 0 Å². The first-order valence-electron chi connectivity index (χ1n) is 6.03. The minimum absolute atomic E-state index is 0.0441. The summed E-state index contributed by atoms with van der Waals surface area (Å²) in [6, 6.07) is 0. The number of hydrogen-bond donors (Lipinski definition) is 0. The Morgan fingerprint density at radius 1 is 1.14 bits per heavy atom. The lowest BCUT2D eigenvalue weighted by molar-refractivity contribution is -0.102. The second-order valence-corrected chi connectivity index (χ2v) is 4.65. The second-order valence-electron chi connectivity index (χ2n) is 4.65. The quantitative estimate of drug-likeness (QED) is 0.694. The first-order chi connectivity index (χ1) is 6.72. The van der Waals surface area contributed by atoms with Crippen LogP contribution in [0.1, 0.15) is 52.9 Å². The third kappa shape index (κ3) is 1.17. The number of hydrogen-bond acceptors (Lipinski definition) is 2. The van der Waals surface area contributed by atoms with Crippen molar-refractivity contribution in [3.8, 4) is 0 Å². The van der Waals surface area contributed by atoms with Crippen molar-refractivity contribution in [2.45, 2.75) is 70.2 Å². The molecule has 0 aromatic heterocycles. The van der Waals surface area contributed by atoms with E-state index in [-0.39, 0.29) is 11.2 Å². The molecule has 0 aromatic carbocycles. The van der Waals surface area contributed by atoms with Gasteiger partial charge in [0.15, 0.2) is 0 Å². The molecule has 2 aliphatic heterocycles. The molecule has 0 N–H and O–H groups in total. The van der Waals surface area contributed by atoms with Gasteiger partial charge in [0, 0.05) is 12.8 Å². The maximum absolute atomic E-state index is 6.24. The number of fused-ring (bicyclic) bond motifs is 1. The van der Waals surface area contributed by atoms with Crippen LogP contribution in [-0.2, 0) is 9.47 Å². The van der Waals surface area contributed by atoms with Crippen molar-refractivity contribution >= 4 is 0 Å². The van der Waals surface area contributed by atoms with Gasteiger partial charge in [0.25, 0.3) is 0 Å². The van der Waals surface area contributed by atoms with Crippen LogP contribution in [0.4, 0.5) is 0 Å². The molecule has 2 fully saturated rings. The van der Waals surface area contributed by atoms with Crippen LogP contribution in [-0.4, -0.2) is 23.9 Å². The molecule has 2 heteroatoms. The van der Waals surface area contributed by atoms with E-state index in [0.717, 1.165) is 38.7 Å². The molecule has 0 saturated carbocycles. The zero-order valence-corrected chi connectivity index (χ0v) is 9.64. The van der Waals surface area contributed by atoms with E-state index in [2.05, 4.69) is 20.8 Å². The lowest BCUT2D eigenvalue weighted by Crippen LogP contribution is -2.46. The second kappa shape index (κ2) is 3.49. The summed E-state index contributed by atoms with van der Waals surface area (Å²) in [6.45, 7) is 7.56. The molecule has 2 saturated heterocycles. The van der Waals surface area contributed by atoms with Crippen molar-refractivity contribution in [2.24, 2.45) is 0 Å². The Bertz CT molecular complexity index is 196. The van der Waals surface area contributed by atoms with E-state index >= 15 is 0 Å². The Morgan fingerprint density at radius 3 is 2.36 bits per heavy atom. The number of rotatable bonds is 3. The van der Waals surface area contributed by atoms with Crippen molar-refractivity contribution in [1.29, 1.82) is 0 Å². The van der Waals surface area contributed by atoms with Crippen molar-refractivity contribution in [1.82, 2.24) is 0 Å². The van der Waals surface area contributed by atoms with Gasteiger partial charge in [-0.2, -0.15) is 0 Å². The molecule has 0 amide bonds. The fraction of sp³-hybridized carbons (Fsp3) is 1.00. The molecule has 2 heterocycles. The summed E-state index contributed by atoms with van der Waals surface area (Å²) in [7, 11) is 0. The van der Waals surface area contributed by atoms with Crippen LogP contribution < -0.4 is 0 Å². The van der Waals surface area contributed by atoms with Gasteiger partial charge in [-0.3, -0.25) is 0 Å². The van der Waals surface area contributed by atoms with Crippen LogP contribution in [0.2, 0.25) is 0 Å². The van der Waals surface area contributed by atoms with Gasteiger partial charge in [-0.25, -0.2) is 0 Å². The van der Waals surface area contributed by atoms with Gasteiger partial charge in [0.05, 0.1) is 23.9 Å². The summed E-state index contributed by atoms with van der Waals surface area (Å²) in [5, 5.41) is 0. The highest BCUT2D eigenvalue weighted by atomic mass is 16.6. The van der Waals surface area contributed by atoms with Crippen LogP contribution in [0, 0.1) is 0 Å². The van der Waals surface area contributed by atoms with Gasteiger partial charge in [-0.05, 0) is 19.3 Å². The van der Waals surface area contributed by atoms with Crippen LogP contribution in [0.3, 0.4) is 0 Å². The van der Waals surface area contributed by atoms with Crippen molar-refractivity contribution in [3.05, 3.63) is 0 Å². The highest BCUT2D eigenvalue weighted by Crippen LogP contribution is 2.53. The van der Waals surface area contributed by atoms with Gasteiger partial charge in [0.1, 0.15) is 0 Å². The molecule has 0 bridgehead atoms. The topological polar surface area (TPSA) is 18.5 Å². The lowest BCUT2D eigenvalue weighted by Gasteiger charge is -2.36. The lowest BCUT2D eigenvalue weighted by atomic mass is 9.78. The Balaban J connectivity index is 2.26. The molecule has 2 aliphatic rings. The molecule has 3 unspecified atom stereocenters. The maximum Gasteiger partial charge on any atom is 0.0994 e. The Morgan fingerprint density at radius 2 is 1.86 bits per heavy atom. The molecule has 2 nitrogen and oxygen atoms in total. The van der Waals surface area contributed by atoms with Crippen molar-refractivity contribution in [2.75, 3.05) is 6.61 Å². The van der Waals surface area contributed by atoms with E-state index in [9.17, 15) is 0 Å². The molecular weight excluding hydrogens is 176 g/mol. The van der Waals surface area contributed by atoms with E-state index in [1.54, 1.807) is 0 Å². The summed E-state index contributed by atoms with van der Waals surface area (Å²) in [5.74, 6) is 0. The fourth-order valence-electron chi connectivity index (χ4n) is 3.29. The first kappa shape index (κ1) is 10.4. The average molecular weight is 198 g/mol. The predicted octanol–water partition coefficient (Wildman–Crippen LogP) is 2.90. The highest BCUT2D eigenvalue weighted by Gasteiger charge is 2.61. The third-order valence-corrected chi connectivity index (χ3v) is 4.26. The van der Waals surface area contributed by atoms with Crippen molar-refractivity contribution < 1.29 is 9.47 Å². The predicted molar refractivity (Wildman–Crippen MR) is 56.4 cm³/mol. The largest absolute Gasteiger partial charge is 0.372 e. The Hall–Kier alpha value is -0.0800. The van der Waals surface area contributed by atoms with E-state index < -0.39 is 0 Å². The normalized spacial score (nSPS) is 46.9. The van der Waals surface area contributed by atoms with Gasteiger partial charge in [0.2, 0.25) is 0 Å². The zero-order valence-electron chi connectivity index (χ0n) is 9.64. The van der Waals surface area contributed by atoms with Gasteiger partial charge < -0.3 is 9.47 Å². The molecule has 0 radical (unpaired) electrons. The van der Waals surface area contributed by atoms with Gasteiger partial charge >= 0.3 is 0 Å². The summed E-state index contributed by atoms with van der Waals surface area (Å²) in [5.41, 5.74) is 0.0881. The van der Waals surface area contributed by atoms with E-state index in [1.165, 1.54) is 0 Å². The van der Waals surface area contributed by atoms with Crippen LogP contribution in [0.15, 0.2) is 0 Å². The SMILES string of the molecule is CCC1CC2(CC)OCCC2(CC)O1. The minimum Gasteiger partial charge on any atom is -0.372 e. The molecule has 0 aliphatic carbocycles. The van der Waals surface area contributed by atoms with Gasteiger partial charge in [-0.15, -0.1) is 0 Å². The molecule has 0 aromatic rings. The molecule has 3 atom stereocenters. The van der Waals surface area contributed by atoms with Crippen molar-refractivity contribution in [3.63, 3.8) is 0 Å². The molecule has 82 valence electrons. The average Bonchev–Trinajstić information content (AvgIpc) is 2.69. The summed E-state index contributed by atoms with van der Waals surface area (Å²) >= 11 is 0. The molecule has 14 heavy (non-hydrogen) atoms. The van der Waals surface area contributed by atoms with E-state index in [0.29, 0.717) is 6.10 Å². The zero-order chi connectivity index (χ0) is 10.2. The van der Waals surface area contributed by atoms with Crippen LogP contribution >= 0.6 is 0 Å². The van der Waals surface area contributed by atoms with E-state index in [4.69, 9.17) is 9.47 Å². The smallest absolute Gasteiger partial charge is 0.0994 e. The first-order valence-corrected chi connectivity index (χ1v) is 6.03. The maximum atomic E-state index is 6.24. The Kier molecular flexibility index (Phi) is 2.61. The third-order valence-electron chi connectivity index (χ3n) is 4.26. The Labute approximate surface area is 87.0 Å². The summed E-state index contributed by atoms with van der Waals surface area (Å²) in [6.07, 6.45) is 5.93. The van der Waals surface area contributed by atoms with Gasteiger partial charge in [-0.1, -0.05) is 20.8 Å². The number of ether oxygens (including phenoxy) is 2. The van der Waals surface area contributed by atoms with Crippen LogP contribution in [0.25, 0.3) is 0 Å². The molecule has 2 rings (SSSR count). The van der Waals surface area contributed by atoms with Crippen LogP contribution in [0.5, 0.6) is 0 Å². The molecular formula is C12H22O2. The monoisotopic (exact) mass is 198 g/mol. The standard InChI is InChI=1S/C12H22O2/c1-4-10-9-12(6-3)11(5-2,14-10)7-8-13-12/h10H,4-9H2,1-3H3.